The van der Waals surface area contributed by atoms with Gasteiger partial charge in [-0.3, -0.25) is 37.3 Å². The first kappa shape index (κ1) is 103. The Labute approximate surface area is 655 Å². The summed E-state index contributed by atoms with van der Waals surface area (Å²) >= 11 is 0. The Bertz CT molecular complexity index is 2660. The number of rotatable bonds is 77. The van der Waals surface area contributed by atoms with Gasteiger partial charge < -0.3 is 33.8 Å². The van der Waals surface area contributed by atoms with Crippen LogP contribution >= 0.6 is 15.6 Å². The van der Waals surface area contributed by atoms with E-state index in [0.29, 0.717) is 25.7 Å². The Morgan fingerprint density at radius 2 is 0.491 bits per heavy atom. The van der Waals surface area contributed by atoms with Crippen molar-refractivity contribution in [1.82, 2.24) is 0 Å². The van der Waals surface area contributed by atoms with Crippen LogP contribution < -0.4 is 0 Å². The third-order valence-electron chi connectivity index (χ3n) is 17.0. The van der Waals surface area contributed by atoms with Crippen LogP contribution in [0.5, 0.6) is 0 Å². The molecular formula is C89H148O17P2. The van der Waals surface area contributed by atoms with Gasteiger partial charge in [0.25, 0.3) is 0 Å². The molecule has 0 rings (SSSR count). The van der Waals surface area contributed by atoms with Crippen molar-refractivity contribution < 1.29 is 80.2 Å². The lowest BCUT2D eigenvalue weighted by molar-refractivity contribution is -0.161. The van der Waals surface area contributed by atoms with Crippen LogP contribution in [0.15, 0.2) is 158 Å². The van der Waals surface area contributed by atoms with Crippen LogP contribution in [-0.4, -0.2) is 96.7 Å². The Balaban J connectivity index is 5.40. The van der Waals surface area contributed by atoms with Crippen molar-refractivity contribution in [3.63, 3.8) is 0 Å². The van der Waals surface area contributed by atoms with Gasteiger partial charge in [0.1, 0.15) is 19.3 Å². The highest BCUT2D eigenvalue weighted by Crippen LogP contribution is 2.45. The van der Waals surface area contributed by atoms with Crippen molar-refractivity contribution in [3.8, 4) is 0 Å². The predicted octanol–water partition coefficient (Wildman–Crippen LogP) is 24.8. The van der Waals surface area contributed by atoms with Gasteiger partial charge in [-0.1, -0.05) is 288 Å². The van der Waals surface area contributed by atoms with Gasteiger partial charge in [0.2, 0.25) is 0 Å². The van der Waals surface area contributed by atoms with E-state index in [9.17, 15) is 43.2 Å². The van der Waals surface area contributed by atoms with Crippen molar-refractivity contribution in [2.75, 3.05) is 39.6 Å². The van der Waals surface area contributed by atoms with Crippen LogP contribution in [0.3, 0.4) is 0 Å². The first-order valence-electron chi connectivity index (χ1n) is 41.7. The standard InChI is InChI=1S/C89H148O17P2/c1-5-9-13-17-21-25-29-32-35-38-41-44-47-50-54-57-61-65-69-73-86(91)99-79-84(105-88(93)75-71-67-63-59-53-28-24-20-16-12-8-4)81-103-107(95,96)101-77-83(90)78-102-108(97,98)104-82-85(106-89(94)76-72-68-64-60-56-52-49-46-43-40-37-34-31-27-23-19-15-11-7-3)80-100-87(92)74-70-66-62-58-55-51-48-45-42-39-36-33-30-26-22-18-14-10-6-2/h9-10,13-14,20-27,32-37,41-46,51,55,83-85,90H,5-8,11-12,15-19,28-31,38-40,47-50,52-54,56-82H2,1-4H3,(H,95,96)(H,97,98)/b13-9-,14-10-,24-20-,25-21-,26-22-,27-23-,35-32-,36-33-,37-34-,44-41-,45-42-,46-43-,55-51-. The molecule has 616 valence electrons. The van der Waals surface area contributed by atoms with Crippen molar-refractivity contribution >= 4 is 39.5 Å². The van der Waals surface area contributed by atoms with Gasteiger partial charge in [0.15, 0.2) is 12.2 Å². The molecule has 0 saturated heterocycles. The van der Waals surface area contributed by atoms with Crippen molar-refractivity contribution in [2.45, 2.75) is 341 Å². The van der Waals surface area contributed by atoms with Gasteiger partial charge in [-0.15, -0.1) is 0 Å². The highest BCUT2D eigenvalue weighted by molar-refractivity contribution is 7.47. The van der Waals surface area contributed by atoms with Crippen LogP contribution in [0.4, 0.5) is 0 Å². The number of carbonyl (C=O) groups excluding carboxylic acids is 4. The summed E-state index contributed by atoms with van der Waals surface area (Å²) in [6.07, 6.45) is 93.5. The molecule has 19 heteroatoms. The van der Waals surface area contributed by atoms with Gasteiger partial charge in [-0.2, -0.15) is 0 Å². The predicted molar refractivity (Wildman–Crippen MR) is 445 cm³/mol. The molecule has 108 heavy (non-hydrogen) atoms. The largest absolute Gasteiger partial charge is 0.472 e. The summed E-state index contributed by atoms with van der Waals surface area (Å²) in [5.74, 6) is -2.25. The fourth-order valence-corrected chi connectivity index (χ4v) is 12.2. The number of phosphoric ester groups is 2. The molecule has 0 bridgehead atoms. The molecule has 0 aliphatic heterocycles. The average molecular weight is 1550 g/mol. The summed E-state index contributed by atoms with van der Waals surface area (Å²) in [4.78, 5) is 73.1. The van der Waals surface area contributed by atoms with Crippen molar-refractivity contribution in [1.29, 1.82) is 0 Å². The molecule has 0 radical (unpaired) electrons. The fourth-order valence-electron chi connectivity index (χ4n) is 10.6. The second-order valence-electron chi connectivity index (χ2n) is 27.3. The van der Waals surface area contributed by atoms with E-state index in [-0.39, 0.29) is 25.7 Å². The van der Waals surface area contributed by atoms with Crippen LogP contribution in [0.2, 0.25) is 0 Å². The molecule has 3 N–H and O–H groups in total. The van der Waals surface area contributed by atoms with E-state index >= 15 is 0 Å². The minimum Gasteiger partial charge on any atom is -0.462 e. The molecule has 0 aliphatic rings. The van der Waals surface area contributed by atoms with Crippen LogP contribution in [0.25, 0.3) is 0 Å². The topological polar surface area (TPSA) is 237 Å². The SMILES string of the molecule is CC/C=C\C/C=C\C/C=C\C/C=C\C/C=C\CCCCCC(=O)OCC(COP(=O)(O)OCC(O)COP(=O)(O)OCC(COC(=O)CCCCCCCC/C=C\C/C=C\C/C=C\C/C=C\CC)OC(=O)CCCCCCC/C=C\CCCC)OC(=O)CCCCCCCC/C=C\C/C=C\C/C=C\CCCCC. The normalized spacial score (nSPS) is 14.6. The monoisotopic (exact) mass is 1550 g/mol. The summed E-state index contributed by atoms with van der Waals surface area (Å²) in [5, 5.41) is 10.7. The first-order chi connectivity index (χ1) is 52.7. The molecule has 0 aliphatic carbocycles. The van der Waals surface area contributed by atoms with Gasteiger partial charge in [-0.05, 0) is 167 Å². The van der Waals surface area contributed by atoms with E-state index in [4.69, 9.17) is 37.0 Å². The Morgan fingerprint density at radius 1 is 0.269 bits per heavy atom. The van der Waals surface area contributed by atoms with Crippen LogP contribution in [0, 0.1) is 0 Å². The highest BCUT2D eigenvalue weighted by atomic mass is 31.2. The lowest BCUT2D eigenvalue weighted by Gasteiger charge is -2.21. The molecule has 0 heterocycles. The number of hydrogen-bond acceptors (Lipinski definition) is 15. The summed E-state index contributed by atoms with van der Waals surface area (Å²) in [5.41, 5.74) is 0. The molecule has 17 nitrogen and oxygen atoms in total. The van der Waals surface area contributed by atoms with E-state index in [1.54, 1.807) is 0 Å². The minimum atomic E-state index is -5.00. The molecule has 0 spiro atoms. The number of phosphoric acid groups is 2. The summed E-state index contributed by atoms with van der Waals surface area (Å²) in [7, 11) is -9.99. The molecule has 5 unspecified atom stereocenters. The van der Waals surface area contributed by atoms with E-state index < -0.39 is 97.5 Å². The van der Waals surface area contributed by atoms with E-state index in [2.05, 4.69) is 186 Å². The second kappa shape index (κ2) is 79.8. The van der Waals surface area contributed by atoms with Crippen molar-refractivity contribution in [2.24, 2.45) is 0 Å². The Kier molecular flexibility index (Phi) is 75.8. The number of unbranched alkanes of at least 4 members (excludes halogenated alkanes) is 25. The number of ether oxygens (including phenoxy) is 4. The summed E-state index contributed by atoms with van der Waals surface area (Å²) in [6, 6.07) is 0. The van der Waals surface area contributed by atoms with Crippen molar-refractivity contribution in [3.05, 3.63) is 158 Å². The molecule has 0 aromatic carbocycles. The number of carbonyl (C=O) groups is 4. The minimum absolute atomic E-state index is 0.0678. The lowest BCUT2D eigenvalue weighted by atomic mass is 10.1. The fraction of sp³-hybridized carbons (Fsp3) is 0.663. The smallest absolute Gasteiger partial charge is 0.462 e. The number of aliphatic hydroxyl groups is 1. The summed E-state index contributed by atoms with van der Waals surface area (Å²) in [6.45, 7) is 4.51. The average Bonchev–Trinajstić information content (AvgIpc) is 0.917. The zero-order valence-electron chi connectivity index (χ0n) is 67.5. The molecule has 0 amide bonds. The third kappa shape index (κ3) is 78.8. The molecule has 0 fully saturated rings. The maximum Gasteiger partial charge on any atom is 0.472 e. The molecule has 5 atom stereocenters. The zero-order chi connectivity index (χ0) is 78.9. The molecule has 0 aromatic rings. The van der Waals surface area contributed by atoms with Gasteiger partial charge in [0, 0.05) is 25.7 Å². The maximum absolute atomic E-state index is 13.1. The lowest BCUT2D eigenvalue weighted by Crippen LogP contribution is -2.30. The van der Waals surface area contributed by atoms with E-state index in [1.807, 2.05) is 0 Å². The van der Waals surface area contributed by atoms with Crippen LogP contribution in [-0.2, 0) is 65.4 Å². The Hall–Kier alpha value is -5.32. The van der Waals surface area contributed by atoms with Gasteiger partial charge in [-0.25, -0.2) is 9.13 Å². The highest BCUT2D eigenvalue weighted by Gasteiger charge is 2.30. The Morgan fingerprint density at radius 3 is 0.787 bits per heavy atom. The van der Waals surface area contributed by atoms with Crippen LogP contribution in [0.1, 0.15) is 323 Å². The number of esters is 4. The zero-order valence-corrected chi connectivity index (χ0v) is 69.3. The van der Waals surface area contributed by atoms with Gasteiger partial charge >= 0.3 is 39.5 Å². The maximum atomic E-state index is 13.1. The third-order valence-corrected chi connectivity index (χ3v) is 18.9. The summed E-state index contributed by atoms with van der Waals surface area (Å²) < 4.78 is 68.7. The second-order valence-corrected chi connectivity index (χ2v) is 30.2. The van der Waals surface area contributed by atoms with E-state index in [1.165, 1.54) is 32.1 Å². The number of allylic oxidation sites excluding steroid dienone is 26. The van der Waals surface area contributed by atoms with Gasteiger partial charge in [0.05, 0.1) is 26.4 Å². The molecule has 0 aromatic heterocycles. The van der Waals surface area contributed by atoms with E-state index in [0.717, 1.165) is 212 Å². The molecule has 0 saturated carbocycles. The molecular weight excluding hydrogens is 1400 g/mol. The first-order valence-corrected chi connectivity index (χ1v) is 44.7. The quantitative estimate of drug-likeness (QED) is 0.0169. The number of hydrogen-bond donors (Lipinski definition) is 3. The number of aliphatic hydroxyl groups excluding tert-OH is 1.